The molecule has 0 radical (unpaired) electrons. The molecule has 0 unspecified atom stereocenters. The standard InChI is InChI=1S/C95H145BrN22O20/c1-60(2)100-40-13-9-22-71(85(97)129)109-92(136)76-38-39-80(121)107-73(24-12-16-43-103-86(130)62(5)105-88(132)72(23-11-15-42-102-79(120)27-17-19-64-29-34-69(96)35-30-64)108-81(122)56-115-45-47-116(57-82(123)124)49-51-118(59-84(127)128)52-50-117(48-46-115)58-83(125)126)89(133)113-77(54-65-31-36-70(119)37-32-65)94(138)112-74(25-10-14-41-101-61(3)4)90(134)111-75(26-18-44-104-95(98)99)91(135)114-78(93(137)106-63(6)87(131)110-76)55-66-28-33-67-20-7-8-21-68(67)53-66/h7-8,20-21,28-37,53,60-63,71-78,100-101,119H,9-19,22-27,38-52,54-59H2,1-6H3,(H2,97,129)(H,102,120)(H,103,130)(H,105,132)(H,106,137)(H,107,121)(H,108,122)(H,109,136)(H,110,131)(H,111,134)(H,112,138)(H,113,133)(H,114,135)(H,123,124)(H,125,126)(H,127,128)(H4,98,99,104)/t62-,63+,71-,72-,73-,74-,75+,76+,77-,78-/m0/s1. The molecule has 2 fully saturated rings. The summed E-state index contributed by atoms with van der Waals surface area (Å²) < 4.78 is 0.925. The van der Waals surface area contributed by atoms with E-state index in [1.54, 1.807) is 25.7 Å². The number of phenolic OH excluding ortho intramolecular Hbond substituents is 1. The zero-order chi connectivity index (χ0) is 101. The number of carbonyl (C=O) groups excluding carboxylic acids is 13. The van der Waals surface area contributed by atoms with E-state index in [0.717, 1.165) is 20.8 Å². The molecule has 4 aromatic rings. The molecule has 13 amide bonds. The first kappa shape index (κ1) is 115. The van der Waals surface area contributed by atoms with E-state index < -0.39 is 175 Å². The average Bonchev–Trinajstić information content (AvgIpc) is 0.894. The Morgan fingerprint density at radius 1 is 0.449 bits per heavy atom. The average molecular weight is 2000 g/mol. The third-order valence-electron chi connectivity index (χ3n) is 23.5. The first-order valence-corrected chi connectivity index (χ1v) is 48.5. The lowest BCUT2D eigenvalue weighted by Crippen LogP contribution is -2.60. The number of halogens is 1. The monoisotopic (exact) mass is 1990 g/mol. The number of aromatic hydroxyl groups is 1. The second-order valence-electron chi connectivity index (χ2n) is 35.9. The Bertz CT molecular complexity index is 4620. The van der Waals surface area contributed by atoms with Gasteiger partial charge in [-0.15, -0.1) is 0 Å². The lowest BCUT2D eigenvalue weighted by Gasteiger charge is -2.33. The van der Waals surface area contributed by atoms with Gasteiger partial charge >= 0.3 is 17.9 Å². The Kier molecular flexibility index (Phi) is 51.5. The van der Waals surface area contributed by atoms with Crippen LogP contribution in [0, 0.1) is 5.41 Å². The molecule has 43 heteroatoms. The van der Waals surface area contributed by atoms with E-state index in [-0.39, 0.29) is 192 Å². The number of guanidine groups is 1. The van der Waals surface area contributed by atoms with Crippen molar-refractivity contribution in [3.63, 3.8) is 0 Å². The van der Waals surface area contributed by atoms with Gasteiger partial charge in [-0.1, -0.05) is 110 Å². The number of amides is 13. The Hall–Kier alpha value is -12.0. The van der Waals surface area contributed by atoms with Crippen molar-refractivity contribution in [1.29, 1.82) is 5.41 Å². The number of carboxylic acids is 3. The Labute approximate surface area is 814 Å². The van der Waals surface area contributed by atoms with Gasteiger partial charge in [-0.25, -0.2) is 0 Å². The summed E-state index contributed by atoms with van der Waals surface area (Å²) in [4.78, 5) is 232. The number of nitrogens with two attached hydrogens (primary N) is 2. The minimum atomic E-state index is -1.65. The van der Waals surface area contributed by atoms with Crippen molar-refractivity contribution in [1.82, 2.24) is 99.4 Å². The molecule has 42 nitrogen and oxygen atoms in total. The molecule has 4 aromatic carbocycles. The van der Waals surface area contributed by atoms with Crippen LogP contribution in [0.25, 0.3) is 10.8 Å². The number of carbonyl (C=O) groups is 16. The maximum absolute atomic E-state index is 15.3. The maximum Gasteiger partial charge on any atom is 0.317 e. The number of nitrogens with zero attached hydrogens (tertiary/aromatic N) is 4. The topological polar surface area (TPSA) is 623 Å². The van der Waals surface area contributed by atoms with E-state index in [1.807, 2.05) is 88.4 Å². The number of benzene rings is 4. The number of hydrogen-bond acceptors (Lipinski definition) is 24. The first-order chi connectivity index (χ1) is 65.7. The number of nitrogens with one attached hydrogen (secondary N) is 16. The third-order valence-corrected chi connectivity index (χ3v) is 24.0. The van der Waals surface area contributed by atoms with Gasteiger partial charge in [0, 0.05) is 114 Å². The van der Waals surface area contributed by atoms with Crippen LogP contribution in [0.15, 0.2) is 95.5 Å². The molecule has 2 saturated heterocycles. The molecule has 10 atom stereocenters. The minimum Gasteiger partial charge on any atom is -0.508 e. The second-order valence-corrected chi connectivity index (χ2v) is 36.8. The molecule has 0 spiro atoms. The van der Waals surface area contributed by atoms with Crippen LogP contribution in [0.4, 0.5) is 0 Å². The van der Waals surface area contributed by atoms with Crippen LogP contribution in [-0.2, 0) is 96.0 Å². The van der Waals surface area contributed by atoms with Gasteiger partial charge in [-0.05, 0) is 188 Å². The molecule has 0 saturated carbocycles. The van der Waals surface area contributed by atoms with E-state index in [9.17, 15) is 78.0 Å². The Morgan fingerprint density at radius 2 is 0.899 bits per heavy atom. The van der Waals surface area contributed by atoms with Crippen molar-refractivity contribution in [3.05, 3.63) is 112 Å². The van der Waals surface area contributed by atoms with Crippen LogP contribution in [0.5, 0.6) is 5.75 Å². The fraction of sp³-hybridized carbons (Fsp3) is 0.589. The Balaban J connectivity index is 1.31. The number of aliphatic carboxylic acids is 3. The molecule has 6 rings (SSSR count). The number of aryl methyl sites for hydroxylation is 1. The minimum absolute atomic E-state index is 0.0146. The number of fused-ring (bicyclic) bond motifs is 1. The number of primary amides is 1. The van der Waals surface area contributed by atoms with Gasteiger partial charge < -0.3 is 112 Å². The molecule has 0 aromatic heterocycles. The lowest BCUT2D eigenvalue weighted by atomic mass is 10.00. The van der Waals surface area contributed by atoms with Crippen molar-refractivity contribution >= 4 is 127 Å². The van der Waals surface area contributed by atoms with E-state index in [1.165, 1.54) is 38.1 Å². The molecular weight excluding hydrogens is 1850 g/mol. The molecule has 2 heterocycles. The quantitative estimate of drug-likeness (QED) is 0.0156. The first-order valence-electron chi connectivity index (χ1n) is 47.7. The van der Waals surface area contributed by atoms with Crippen LogP contribution in [0.1, 0.15) is 174 Å². The van der Waals surface area contributed by atoms with Crippen LogP contribution in [0.2, 0.25) is 0 Å². The van der Waals surface area contributed by atoms with Gasteiger partial charge in [-0.2, -0.15) is 0 Å². The SMILES string of the molecule is CC(C)NCCCC[C@H](NC(=O)[C@H]1CCC(=O)N[C@@H](CCCCNC(=O)[C@H](C)NC(=O)[C@H](CCCCNC(=O)CCCc2ccc(Br)cc2)NC(=O)CN2CCN(CC(=O)O)CCN(CC(=O)O)CCN(CC(=O)O)CC2)C(=O)N[C@@H](Cc2ccc(O)cc2)C(=O)N[C@@H](CCCCNC(C)C)C(=O)N[C@H](CCCNC(=N)N)C(=O)N[C@@H](Cc2ccc3ccccc3c2)C(=O)N[C@H](C)C(=O)N1)C(N)=O. The molecule has 138 heavy (non-hydrogen) atoms. The number of unbranched alkanes of at least 4 members (excludes halogenated alkanes) is 4. The van der Waals surface area contributed by atoms with E-state index >= 15 is 19.2 Å². The van der Waals surface area contributed by atoms with Gasteiger partial charge in [0.05, 0.1) is 26.2 Å². The maximum atomic E-state index is 15.3. The number of hydrogen-bond donors (Lipinski definition) is 22. The molecule has 0 aliphatic carbocycles. The van der Waals surface area contributed by atoms with Gasteiger partial charge in [0.1, 0.15) is 66.2 Å². The smallest absolute Gasteiger partial charge is 0.317 e. The highest BCUT2D eigenvalue weighted by atomic mass is 79.9. The summed E-state index contributed by atoms with van der Waals surface area (Å²) in [5, 5.41) is 91.6. The fourth-order valence-corrected chi connectivity index (χ4v) is 16.0. The summed E-state index contributed by atoms with van der Waals surface area (Å²) in [6.45, 7) is 11.1. The second kappa shape index (κ2) is 62.0. The molecule has 0 bridgehead atoms. The van der Waals surface area contributed by atoms with Gasteiger partial charge in [-0.3, -0.25) is 102 Å². The predicted octanol–water partition coefficient (Wildman–Crippen LogP) is -0.0688. The van der Waals surface area contributed by atoms with Crippen LogP contribution >= 0.6 is 15.9 Å². The van der Waals surface area contributed by atoms with Crippen molar-refractivity contribution in [2.45, 2.75) is 249 Å². The van der Waals surface area contributed by atoms with Crippen molar-refractivity contribution in [3.8, 4) is 5.75 Å². The van der Waals surface area contributed by atoms with Crippen LogP contribution in [-0.4, -0.2) is 324 Å². The van der Waals surface area contributed by atoms with Gasteiger partial charge in [0.2, 0.25) is 76.8 Å². The molecular formula is C95H145BrN22O20. The number of rotatable bonds is 49. The van der Waals surface area contributed by atoms with Crippen molar-refractivity contribution in [2.24, 2.45) is 11.5 Å². The summed E-state index contributed by atoms with van der Waals surface area (Å²) in [6, 6.07) is 12.1. The lowest BCUT2D eigenvalue weighted by molar-refractivity contribution is -0.140. The summed E-state index contributed by atoms with van der Waals surface area (Å²) in [7, 11) is 0. The van der Waals surface area contributed by atoms with Crippen molar-refractivity contribution < 1.29 is 97.1 Å². The predicted molar refractivity (Wildman–Crippen MR) is 521 cm³/mol. The summed E-state index contributed by atoms with van der Waals surface area (Å²) in [5.41, 5.74) is 13.6. The highest BCUT2D eigenvalue weighted by Gasteiger charge is 2.37. The zero-order valence-electron chi connectivity index (χ0n) is 80.1. The van der Waals surface area contributed by atoms with Crippen LogP contribution < -0.4 is 91.2 Å². The van der Waals surface area contributed by atoms with E-state index in [2.05, 4.69) is 95.7 Å². The van der Waals surface area contributed by atoms with E-state index in [0.29, 0.717) is 69.2 Å². The fourth-order valence-electron chi connectivity index (χ4n) is 15.7. The highest BCUT2D eigenvalue weighted by Crippen LogP contribution is 2.21. The number of phenols is 1. The third kappa shape index (κ3) is 46.0. The normalized spacial score (nSPS) is 19.5. The Morgan fingerprint density at radius 3 is 1.43 bits per heavy atom. The van der Waals surface area contributed by atoms with E-state index in [4.69, 9.17) is 16.9 Å². The van der Waals surface area contributed by atoms with Crippen LogP contribution in [0.3, 0.4) is 0 Å². The summed E-state index contributed by atoms with van der Waals surface area (Å²) in [5.74, 6) is -14.4. The molecule has 24 N–H and O–H groups in total. The molecule has 2 aliphatic heterocycles. The molecule has 2 aliphatic rings. The zero-order valence-corrected chi connectivity index (χ0v) is 81.7. The largest absolute Gasteiger partial charge is 0.508 e. The number of carboxylic acid groups (broad SMARTS) is 3. The van der Waals surface area contributed by atoms with Crippen molar-refractivity contribution in [2.75, 3.05) is 111 Å². The summed E-state index contributed by atoms with van der Waals surface area (Å²) >= 11 is 3.43. The molecule has 762 valence electrons. The summed E-state index contributed by atoms with van der Waals surface area (Å²) in [6.07, 6.45) is 2.33. The van der Waals surface area contributed by atoms with Gasteiger partial charge in [0.15, 0.2) is 5.96 Å². The highest BCUT2D eigenvalue weighted by molar-refractivity contribution is 9.10. The van der Waals surface area contributed by atoms with Gasteiger partial charge in [0.25, 0.3) is 0 Å².